The highest BCUT2D eigenvalue weighted by Crippen LogP contribution is 2.47. The Morgan fingerprint density at radius 3 is 2.48 bits per heavy atom. The number of halogens is 1. The molecule has 4 N–H and O–H groups in total. The molecule has 0 atom stereocenters. The van der Waals surface area contributed by atoms with Crippen molar-refractivity contribution in [2.75, 3.05) is 41.0 Å². The predicted molar refractivity (Wildman–Crippen MR) is 115 cm³/mol. The SMILES string of the molecule is CCCOC(=O)c1[nH]c(CNCCN)c(-c2ccc(OC)c(OC)c2OC)c1Br. The van der Waals surface area contributed by atoms with Gasteiger partial charge in [-0.05, 0) is 34.5 Å². The molecule has 0 aliphatic heterocycles. The van der Waals surface area contributed by atoms with Gasteiger partial charge in [-0.3, -0.25) is 0 Å². The lowest BCUT2D eigenvalue weighted by molar-refractivity contribution is 0.0497. The average Bonchev–Trinajstić information content (AvgIpc) is 3.06. The van der Waals surface area contributed by atoms with Crippen LogP contribution in [0.5, 0.6) is 17.2 Å². The molecule has 0 radical (unpaired) electrons. The lowest BCUT2D eigenvalue weighted by Gasteiger charge is -2.16. The Bertz CT molecular complexity index is 838. The summed E-state index contributed by atoms with van der Waals surface area (Å²) in [6.07, 6.45) is 0.741. The van der Waals surface area contributed by atoms with Gasteiger partial charge in [-0.15, -0.1) is 0 Å². The Hall–Kier alpha value is -2.23. The zero-order valence-electron chi connectivity index (χ0n) is 17.2. The fraction of sp³-hybridized carbons (Fsp3) is 0.450. The number of nitrogens with two attached hydrogens (primary N) is 1. The zero-order chi connectivity index (χ0) is 21.4. The highest BCUT2D eigenvalue weighted by molar-refractivity contribution is 9.10. The number of H-pyrrole nitrogens is 1. The van der Waals surface area contributed by atoms with Crippen LogP contribution in [-0.2, 0) is 11.3 Å². The molecule has 160 valence electrons. The van der Waals surface area contributed by atoms with Crippen molar-refractivity contribution in [2.45, 2.75) is 19.9 Å². The molecule has 0 aliphatic rings. The number of rotatable bonds is 11. The molecule has 0 fully saturated rings. The van der Waals surface area contributed by atoms with E-state index < -0.39 is 5.97 Å². The normalized spacial score (nSPS) is 10.7. The van der Waals surface area contributed by atoms with Gasteiger partial charge in [-0.2, -0.15) is 0 Å². The lowest BCUT2D eigenvalue weighted by Crippen LogP contribution is -2.22. The quantitative estimate of drug-likeness (QED) is 0.342. The summed E-state index contributed by atoms with van der Waals surface area (Å²) in [5.74, 6) is 1.09. The van der Waals surface area contributed by atoms with Gasteiger partial charge >= 0.3 is 5.97 Å². The topological polar surface area (TPSA) is 108 Å². The van der Waals surface area contributed by atoms with Crippen molar-refractivity contribution in [3.8, 4) is 28.4 Å². The second kappa shape index (κ2) is 11.1. The van der Waals surface area contributed by atoms with Crippen LogP contribution in [0.4, 0.5) is 0 Å². The maximum atomic E-state index is 12.5. The highest BCUT2D eigenvalue weighted by atomic mass is 79.9. The Morgan fingerprint density at radius 1 is 1.17 bits per heavy atom. The fourth-order valence-corrected chi connectivity index (χ4v) is 3.67. The summed E-state index contributed by atoms with van der Waals surface area (Å²) in [6, 6.07) is 3.66. The van der Waals surface area contributed by atoms with Crippen LogP contribution in [0.1, 0.15) is 29.5 Å². The number of nitrogens with one attached hydrogen (secondary N) is 2. The third-order valence-electron chi connectivity index (χ3n) is 4.25. The molecular weight excluding hydrogens is 442 g/mol. The first-order valence-corrected chi connectivity index (χ1v) is 10.1. The maximum absolute atomic E-state index is 12.5. The van der Waals surface area contributed by atoms with Gasteiger partial charge in [0.05, 0.1) is 32.4 Å². The molecule has 29 heavy (non-hydrogen) atoms. The summed E-state index contributed by atoms with van der Waals surface area (Å²) in [6.45, 7) is 3.90. The maximum Gasteiger partial charge on any atom is 0.355 e. The van der Waals surface area contributed by atoms with E-state index in [0.717, 1.165) is 23.2 Å². The number of aromatic amines is 1. The van der Waals surface area contributed by atoms with Gasteiger partial charge in [0, 0.05) is 36.5 Å². The minimum atomic E-state index is -0.426. The third kappa shape index (κ3) is 5.04. The molecule has 1 aromatic heterocycles. The highest BCUT2D eigenvalue weighted by Gasteiger charge is 2.26. The summed E-state index contributed by atoms with van der Waals surface area (Å²) >= 11 is 3.57. The van der Waals surface area contributed by atoms with Crippen LogP contribution in [0.25, 0.3) is 11.1 Å². The number of aromatic nitrogens is 1. The summed E-state index contributed by atoms with van der Waals surface area (Å²) in [7, 11) is 4.67. The minimum absolute atomic E-state index is 0.342. The lowest BCUT2D eigenvalue weighted by atomic mass is 10.0. The number of benzene rings is 1. The number of hydrogen-bond donors (Lipinski definition) is 3. The number of methoxy groups -OCH3 is 3. The molecule has 2 rings (SSSR count). The molecular formula is C20H28BrN3O5. The Labute approximate surface area is 179 Å². The average molecular weight is 470 g/mol. The van der Waals surface area contributed by atoms with Crippen LogP contribution in [0.15, 0.2) is 16.6 Å². The summed E-state index contributed by atoms with van der Waals surface area (Å²) in [5.41, 5.74) is 8.24. The monoisotopic (exact) mass is 469 g/mol. The number of ether oxygens (including phenoxy) is 4. The van der Waals surface area contributed by atoms with E-state index in [9.17, 15) is 4.79 Å². The van der Waals surface area contributed by atoms with Gasteiger partial charge in [-0.25, -0.2) is 4.79 Å². The largest absolute Gasteiger partial charge is 0.493 e. The number of carbonyl (C=O) groups is 1. The van der Waals surface area contributed by atoms with Gasteiger partial charge in [0.15, 0.2) is 11.5 Å². The van der Waals surface area contributed by atoms with Crippen molar-refractivity contribution in [1.29, 1.82) is 0 Å². The predicted octanol–water partition coefficient (Wildman–Crippen LogP) is 3.09. The molecule has 0 saturated carbocycles. The van der Waals surface area contributed by atoms with Gasteiger partial charge in [-0.1, -0.05) is 6.92 Å². The smallest absolute Gasteiger partial charge is 0.355 e. The van der Waals surface area contributed by atoms with Crippen molar-refractivity contribution in [3.05, 3.63) is 28.0 Å². The van der Waals surface area contributed by atoms with E-state index in [1.807, 2.05) is 13.0 Å². The zero-order valence-corrected chi connectivity index (χ0v) is 18.8. The first-order valence-electron chi connectivity index (χ1n) is 9.31. The summed E-state index contributed by atoms with van der Waals surface area (Å²) in [4.78, 5) is 15.7. The van der Waals surface area contributed by atoms with E-state index in [2.05, 4.69) is 26.2 Å². The van der Waals surface area contributed by atoms with Crippen molar-refractivity contribution < 1.29 is 23.7 Å². The molecule has 1 aromatic carbocycles. The molecule has 8 nitrogen and oxygen atoms in total. The molecule has 0 amide bonds. The van der Waals surface area contributed by atoms with Crippen LogP contribution in [0, 0.1) is 0 Å². The van der Waals surface area contributed by atoms with Crippen LogP contribution in [0.3, 0.4) is 0 Å². The summed E-state index contributed by atoms with van der Waals surface area (Å²) < 4.78 is 22.4. The molecule has 0 bridgehead atoms. The van der Waals surface area contributed by atoms with Crippen LogP contribution >= 0.6 is 15.9 Å². The van der Waals surface area contributed by atoms with Crippen LogP contribution in [-0.4, -0.2) is 52.0 Å². The van der Waals surface area contributed by atoms with Gasteiger partial charge < -0.3 is 35.0 Å². The minimum Gasteiger partial charge on any atom is -0.493 e. The van der Waals surface area contributed by atoms with Gasteiger partial charge in [0.25, 0.3) is 0 Å². The van der Waals surface area contributed by atoms with Crippen molar-refractivity contribution in [3.63, 3.8) is 0 Å². The Kier molecular flexibility index (Phi) is 8.81. The van der Waals surface area contributed by atoms with Gasteiger partial charge in [0.1, 0.15) is 5.69 Å². The standard InChI is InChI=1S/C20H28BrN3O5/c1-5-10-29-20(25)17-16(21)15(13(24-17)11-23-9-8-22)12-6-7-14(26-2)19(28-4)18(12)27-3/h6-7,23-24H,5,8-11,22H2,1-4H3. The fourth-order valence-electron chi connectivity index (χ4n) is 2.96. The van der Waals surface area contributed by atoms with E-state index >= 15 is 0 Å². The van der Waals surface area contributed by atoms with Crippen molar-refractivity contribution >= 4 is 21.9 Å². The molecule has 1 heterocycles. The molecule has 2 aromatic rings. The Balaban J connectivity index is 2.63. The molecule has 0 aliphatic carbocycles. The first-order chi connectivity index (χ1) is 14.0. The van der Waals surface area contributed by atoms with Crippen molar-refractivity contribution in [1.82, 2.24) is 10.3 Å². The molecule has 9 heteroatoms. The van der Waals surface area contributed by atoms with Gasteiger partial charge in [0.2, 0.25) is 5.75 Å². The van der Waals surface area contributed by atoms with Crippen LogP contribution in [0.2, 0.25) is 0 Å². The summed E-state index contributed by atoms with van der Waals surface area (Å²) in [5, 5.41) is 3.25. The number of esters is 1. The molecule has 0 spiro atoms. The number of hydrogen-bond acceptors (Lipinski definition) is 7. The second-order valence-electron chi connectivity index (χ2n) is 6.15. The van der Waals surface area contributed by atoms with E-state index in [4.69, 9.17) is 24.7 Å². The van der Waals surface area contributed by atoms with E-state index in [1.54, 1.807) is 27.4 Å². The Morgan fingerprint density at radius 2 is 1.90 bits per heavy atom. The van der Waals surface area contributed by atoms with Crippen molar-refractivity contribution in [2.24, 2.45) is 5.73 Å². The van der Waals surface area contributed by atoms with E-state index in [1.165, 1.54) is 0 Å². The van der Waals surface area contributed by atoms with E-state index in [0.29, 0.717) is 53.7 Å². The van der Waals surface area contributed by atoms with Crippen LogP contribution < -0.4 is 25.3 Å². The molecule has 0 unspecified atom stereocenters. The third-order valence-corrected chi connectivity index (χ3v) is 5.05. The second-order valence-corrected chi connectivity index (χ2v) is 6.94. The number of carbonyl (C=O) groups excluding carboxylic acids is 1. The van der Waals surface area contributed by atoms with E-state index in [-0.39, 0.29) is 0 Å². The molecule has 0 saturated heterocycles. The first kappa shape index (κ1) is 23.1.